The molecule has 0 atom stereocenters. The Bertz CT molecular complexity index is 477. The van der Waals surface area contributed by atoms with Gasteiger partial charge in [0.15, 0.2) is 0 Å². The van der Waals surface area contributed by atoms with Gasteiger partial charge < -0.3 is 0 Å². The lowest BCUT2D eigenvalue weighted by Gasteiger charge is -2.04. The number of aromatic nitrogens is 1. The molecule has 1 aromatic heterocycles. The molecule has 0 bridgehead atoms. The molecule has 1 nitrogen and oxygen atoms in total. The number of halogens is 2. The molecule has 1 heterocycles. The highest BCUT2D eigenvalue weighted by Gasteiger charge is 2.04. The van der Waals surface area contributed by atoms with Crippen LogP contribution in [-0.2, 0) is 0 Å². The first-order valence-corrected chi connectivity index (χ1v) is 5.23. The minimum Gasteiger partial charge on any atom is -0.261 e. The molecule has 1 radical (unpaired) electrons. The fourth-order valence-corrected chi connectivity index (χ4v) is 1.77. The smallest absolute Gasteiger partial charge is 0.0579 e. The molecule has 0 saturated carbocycles. The lowest BCUT2D eigenvalue weighted by molar-refractivity contribution is 1.20. The van der Waals surface area contributed by atoms with Crippen LogP contribution in [0.1, 0.15) is 5.69 Å². The van der Waals surface area contributed by atoms with E-state index in [1.165, 1.54) is 0 Å². The van der Waals surface area contributed by atoms with E-state index in [0.717, 1.165) is 16.8 Å². The van der Waals surface area contributed by atoms with E-state index in [9.17, 15) is 0 Å². The zero-order valence-corrected chi connectivity index (χ0v) is 9.60. The van der Waals surface area contributed by atoms with Crippen LogP contribution in [0.5, 0.6) is 0 Å². The average Bonchev–Trinajstić information content (AvgIpc) is 2.20. The first-order valence-electron chi connectivity index (χ1n) is 4.47. The SMILES string of the molecule is Cc1ccc(-c2ccc(Cl)[c]c2Cl)cn1. The second-order valence-electron chi connectivity index (χ2n) is 3.22. The first kappa shape index (κ1) is 10.5. The van der Waals surface area contributed by atoms with Crippen LogP contribution in [0.25, 0.3) is 11.1 Å². The summed E-state index contributed by atoms with van der Waals surface area (Å²) in [6.07, 6.45) is 1.79. The van der Waals surface area contributed by atoms with Crippen molar-refractivity contribution in [2.45, 2.75) is 6.92 Å². The van der Waals surface area contributed by atoms with Crippen LogP contribution in [0.2, 0.25) is 10.0 Å². The highest BCUT2D eigenvalue weighted by atomic mass is 35.5. The molecule has 3 heteroatoms. The van der Waals surface area contributed by atoms with Crippen molar-refractivity contribution in [2.24, 2.45) is 0 Å². The van der Waals surface area contributed by atoms with Gasteiger partial charge in [-0.05, 0) is 19.1 Å². The van der Waals surface area contributed by atoms with Crippen molar-refractivity contribution in [3.8, 4) is 11.1 Å². The van der Waals surface area contributed by atoms with Gasteiger partial charge in [-0.2, -0.15) is 0 Å². The summed E-state index contributed by atoms with van der Waals surface area (Å²) in [5, 5.41) is 1.04. The Balaban J connectivity index is 2.49. The second kappa shape index (κ2) is 4.21. The molecule has 75 valence electrons. The molecule has 0 aliphatic carbocycles. The van der Waals surface area contributed by atoms with Crippen molar-refractivity contribution in [3.63, 3.8) is 0 Å². The number of nitrogens with zero attached hydrogens (tertiary/aromatic N) is 1. The van der Waals surface area contributed by atoms with Crippen LogP contribution >= 0.6 is 23.2 Å². The quantitative estimate of drug-likeness (QED) is 0.725. The summed E-state index contributed by atoms with van der Waals surface area (Å²) < 4.78 is 0. The summed E-state index contributed by atoms with van der Waals surface area (Å²) in [6, 6.07) is 10.4. The predicted molar refractivity (Wildman–Crippen MR) is 63.3 cm³/mol. The summed E-state index contributed by atoms with van der Waals surface area (Å²) in [4.78, 5) is 4.21. The highest BCUT2D eigenvalue weighted by Crippen LogP contribution is 2.29. The topological polar surface area (TPSA) is 12.9 Å². The van der Waals surface area contributed by atoms with E-state index in [4.69, 9.17) is 23.2 Å². The maximum absolute atomic E-state index is 6.04. The lowest BCUT2D eigenvalue weighted by atomic mass is 10.1. The molecule has 0 spiro atoms. The zero-order valence-electron chi connectivity index (χ0n) is 8.09. The molecule has 0 saturated heterocycles. The van der Waals surface area contributed by atoms with Crippen molar-refractivity contribution in [3.05, 3.63) is 52.3 Å². The Morgan fingerprint density at radius 1 is 1.13 bits per heavy atom. The van der Waals surface area contributed by atoms with Crippen LogP contribution in [0, 0.1) is 13.0 Å². The number of pyridine rings is 1. The molecule has 0 N–H and O–H groups in total. The van der Waals surface area contributed by atoms with Crippen LogP contribution in [-0.4, -0.2) is 4.98 Å². The molecule has 0 aliphatic heterocycles. The maximum Gasteiger partial charge on any atom is 0.0579 e. The molecule has 2 rings (SSSR count). The van der Waals surface area contributed by atoms with E-state index in [-0.39, 0.29) is 0 Å². The summed E-state index contributed by atoms with van der Waals surface area (Å²) in [7, 11) is 0. The van der Waals surface area contributed by atoms with Gasteiger partial charge in [0, 0.05) is 29.1 Å². The Kier molecular flexibility index (Phi) is 2.94. The van der Waals surface area contributed by atoms with Gasteiger partial charge in [-0.1, -0.05) is 35.3 Å². The molecule has 2 aromatic rings. The summed E-state index contributed by atoms with van der Waals surface area (Å²) >= 11 is 11.8. The molecule has 0 aliphatic rings. The average molecular weight is 237 g/mol. The number of aryl methyl sites for hydroxylation is 1. The van der Waals surface area contributed by atoms with Crippen LogP contribution in [0.3, 0.4) is 0 Å². The Morgan fingerprint density at radius 2 is 1.93 bits per heavy atom. The van der Waals surface area contributed by atoms with Gasteiger partial charge in [-0.15, -0.1) is 0 Å². The molecule has 0 fully saturated rings. The third-order valence-corrected chi connectivity index (χ3v) is 2.60. The highest BCUT2D eigenvalue weighted by molar-refractivity contribution is 6.36. The van der Waals surface area contributed by atoms with Gasteiger partial charge >= 0.3 is 0 Å². The van der Waals surface area contributed by atoms with Crippen LogP contribution in [0.4, 0.5) is 0 Å². The third kappa shape index (κ3) is 2.31. The normalized spacial score (nSPS) is 10.3. The largest absolute Gasteiger partial charge is 0.261 e. The lowest BCUT2D eigenvalue weighted by Crippen LogP contribution is -1.84. The molecular weight excluding hydrogens is 229 g/mol. The molecule has 0 amide bonds. The summed E-state index contributed by atoms with van der Waals surface area (Å²) in [5.41, 5.74) is 2.85. The molecule has 1 aromatic carbocycles. The van der Waals surface area contributed by atoms with Crippen molar-refractivity contribution in [1.82, 2.24) is 4.98 Å². The fourth-order valence-electron chi connectivity index (χ4n) is 1.29. The molecule has 0 unspecified atom stereocenters. The standard InChI is InChI=1S/C12H8Cl2N/c1-8-2-3-9(7-15-8)11-5-4-10(13)6-12(11)14/h2-5,7H,1H3. The Hall–Kier alpha value is -1.05. The monoisotopic (exact) mass is 236 g/mol. The first-order chi connectivity index (χ1) is 7.16. The summed E-state index contributed by atoms with van der Waals surface area (Å²) in [5.74, 6) is 0. The minimum absolute atomic E-state index is 0.517. The minimum atomic E-state index is 0.517. The Morgan fingerprint density at radius 3 is 2.53 bits per heavy atom. The summed E-state index contributed by atoms with van der Waals surface area (Å²) in [6.45, 7) is 1.94. The molecular formula is C12H8Cl2N. The molecule has 15 heavy (non-hydrogen) atoms. The van der Waals surface area contributed by atoms with E-state index in [0.29, 0.717) is 10.0 Å². The number of hydrogen-bond acceptors (Lipinski definition) is 1. The second-order valence-corrected chi connectivity index (χ2v) is 4.01. The number of rotatable bonds is 1. The van der Waals surface area contributed by atoms with E-state index in [1.54, 1.807) is 12.3 Å². The van der Waals surface area contributed by atoms with Gasteiger partial charge in [0.2, 0.25) is 0 Å². The van der Waals surface area contributed by atoms with E-state index in [2.05, 4.69) is 11.1 Å². The number of hydrogen-bond donors (Lipinski definition) is 0. The van der Waals surface area contributed by atoms with Crippen molar-refractivity contribution in [2.75, 3.05) is 0 Å². The fraction of sp³-hybridized carbons (Fsp3) is 0.0833. The van der Waals surface area contributed by atoms with Gasteiger partial charge in [0.25, 0.3) is 0 Å². The van der Waals surface area contributed by atoms with Crippen molar-refractivity contribution in [1.29, 1.82) is 0 Å². The van der Waals surface area contributed by atoms with Gasteiger partial charge in [-0.25, -0.2) is 0 Å². The van der Waals surface area contributed by atoms with Gasteiger partial charge in [-0.3, -0.25) is 4.98 Å². The van der Waals surface area contributed by atoms with Crippen molar-refractivity contribution >= 4 is 23.2 Å². The van der Waals surface area contributed by atoms with E-state index < -0.39 is 0 Å². The van der Waals surface area contributed by atoms with Crippen molar-refractivity contribution < 1.29 is 0 Å². The van der Waals surface area contributed by atoms with Gasteiger partial charge in [0.1, 0.15) is 0 Å². The maximum atomic E-state index is 6.04. The predicted octanol–water partition coefficient (Wildman–Crippen LogP) is 4.16. The van der Waals surface area contributed by atoms with E-state index in [1.807, 2.05) is 25.1 Å². The van der Waals surface area contributed by atoms with Crippen LogP contribution < -0.4 is 0 Å². The van der Waals surface area contributed by atoms with Crippen LogP contribution in [0.15, 0.2) is 30.5 Å². The zero-order chi connectivity index (χ0) is 10.8. The van der Waals surface area contributed by atoms with Gasteiger partial charge in [0.05, 0.1) is 10.0 Å². The number of benzene rings is 1. The third-order valence-electron chi connectivity index (χ3n) is 2.08. The Labute approximate surface area is 98.7 Å². The van der Waals surface area contributed by atoms with E-state index >= 15 is 0 Å².